The zero-order valence-corrected chi connectivity index (χ0v) is 9.23. The summed E-state index contributed by atoms with van der Waals surface area (Å²) >= 11 is 0. The first-order chi connectivity index (χ1) is 8.74. The molecule has 0 aliphatic heterocycles. The molecule has 1 aromatic carbocycles. The number of nitriles is 2. The summed E-state index contributed by atoms with van der Waals surface area (Å²) in [5.74, 6) is -0.0638. The van der Waals surface area contributed by atoms with Crippen molar-refractivity contribution in [3.63, 3.8) is 0 Å². The fourth-order valence-corrected chi connectivity index (χ4v) is 2.22. The number of hydrogen-bond donors (Lipinski definition) is 0. The first-order valence-electron chi connectivity index (χ1n) is 5.32. The first kappa shape index (κ1) is 10.3. The van der Waals surface area contributed by atoms with Crippen LogP contribution in [-0.2, 0) is 0 Å². The Morgan fingerprint density at radius 2 is 2.00 bits per heavy atom. The lowest BCUT2D eigenvalue weighted by molar-refractivity contribution is 0.100. The fourth-order valence-electron chi connectivity index (χ4n) is 2.22. The van der Waals surface area contributed by atoms with Crippen LogP contribution in [0.4, 0.5) is 0 Å². The van der Waals surface area contributed by atoms with Gasteiger partial charge in [0.2, 0.25) is 0 Å². The molecule has 0 radical (unpaired) electrons. The molecule has 2 aromatic rings. The van der Waals surface area contributed by atoms with E-state index in [2.05, 4.69) is 0 Å². The zero-order chi connectivity index (χ0) is 12.7. The maximum absolute atomic E-state index is 11.9. The summed E-state index contributed by atoms with van der Waals surface area (Å²) in [6.07, 6.45) is 1.65. The number of ketones is 1. The molecule has 0 fully saturated rings. The monoisotopic (exact) mass is 234 g/mol. The summed E-state index contributed by atoms with van der Waals surface area (Å²) in [5, 5.41) is 18.7. The number of Topliss-reactive ketones (excluding diaryl/α,β-unsaturated/α-hetero) is 1. The van der Waals surface area contributed by atoms with Gasteiger partial charge in [-0.15, -0.1) is 0 Å². The first-order valence-corrected chi connectivity index (χ1v) is 5.32. The van der Waals surface area contributed by atoms with Crippen LogP contribution in [0.1, 0.15) is 22.3 Å². The fraction of sp³-hybridized carbons (Fsp3) is 0.0714. The van der Waals surface area contributed by atoms with Crippen molar-refractivity contribution < 1.29 is 9.21 Å². The minimum atomic E-state index is -0.0638. The maximum atomic E-state index is 11.9. The average molecular weight is 234 g/mol. The summed E-state index contributed by atoms with van der Waals surface area (Å²) in [6.45, 7) is 0. The number of fused-ring (bicyclic) bond motifs is 2. The molecule has 1 aliphatic carbocycles. The third-order valence-corrected chi connectivity index (χ3v) is 3.08. The second kappa shape index (κ2) is 3.58. The molecule has 0 amide bonds. The molecule has 0 unspecified atom stereocenters. The molecule has 0 bridgehead atoms. The van der Waals surface area contributed by atoms with Crippen LogP contribution in [0.2, 0.25) is 0 Å². The highest BCUT2D eigenvalue weighted by atomic mass is 16.3. The van der Waals surface area contributed by atoms with Crippen LogP contribution in [0.15, 0.2) is 34.5 Å². The van der Waals surface area contributed by atoms with Crippen LogP contribution in [-0.4, -0.2) is 5.78 Å². The van der Waals surface area contributed by atoms with Crippen LogP contribution < -0.4 is 0 Å². The highest BCUT2D eigenvalue weighted by Crippen LogP contribution is 2.37. The molecule has 18 heavy (non-hydrogen) atoms. The summed E-state index contributed by atoms with van der Waals surface area (Å²) < 4.78 is 5.27. The van der Waals surface area contributed by atoms with Gasteiger partial charge >= 0.3 is 0 Å². The van der Waals surface area contributed by atoms with E-state index in [0.29, 0.717) is 22.3 Å². The molecule has 4 heteroatoms. The van der Waals surface area contributed by atoms with Crippen molar-refractivity contribution in [3.05, 3.63) is 41.2 Å². The molecule has 0 atom stereocenters. The van der Waals surface area contributed by atoms with E-state index in [1.165, 1.54) is 0 Å². The number of nitrogens with zero attached hydrogens (tertiary/aromatic N) is 2. The number of hydrogen-bond acceptors (Lipinski definition) is 4. The molecule has 1 aliphatic rings. The normalized spacial score (nSPS) is 13.2. The third-order valence-electron chi connectivity index (χ3n) is 3.08. The SMILES string of the molecule is N#CC(C#N)=C1CC(=O)c2cc3ccoc3cc21. The molecule has 4 nitrogen and oxygen atoms in total. The van der Waals surface area contributed by atoms with Gasteiger partial charge in [-0.1, -0.05) is 0 Å². The number of benzene rings is 1. The van der Waals surface area contributed by atoms with Gasteiger partial charge in [0.25, 0.3) is 0 Å². The van der Waals surface area contributed by atoms with Gasteiger partial charge in [-0.2, -0.15) is 10.5 Å². The van der Waals surface area contributed by atoms with Crippen molar-refractivity contribution in [2.45, 2.75) is 6.42 Å². The van der Waals surface area contributed by atoms with E-state index >= 15 is 0 Å². The highest BCUT2D eigenvalue weighted by molar-refractivity contribution is 6.15. The number of carbonyl (C=O) groups is 1. The average Bonchev–Trinajstić information content (AvgIpc) is 2.95. The Bertz CT molecular complexity index is 781. The predicted molar refractivity (Wildman–Crippen MR) is 63.3 cm³/mol. The number of rotatable bonds is 0. The quantitative estimate of drug-likeness (QED) is 0.656. The lowest BCUT2D eigenvalue weighted by Crippen LogP contribution is -1.89. The molecule has 0 N–H and O–H groups in total. The minimum Gasteiger partial charge on any atom is -0.464 e. The lowest BCUT2D eigenvalue weighted by Gasteiger charge is -1.99. The van der Waals surface area contributed by atoms with E-state index in [4.69, 9.17) is 14.9 Å². The van der Waals surface area contributed by atoms with Gasteiger partial charge in [-0.05, 0) is 29.3 Å². The van der Waals surface area contributed by atoms with Gasteiger partial charge in [0, 0.05) is 17.4 Å². The summed E-state index contributed by atoms with van der Waals surface area (Å²) in [7, 11) is 0. The Morgan fingerprint density at radius 1 is 1.22 bits per heavy atom. The van der Waals surface area contributed by atoms with E-state index in [9.17, 15) is 4.79 Å². The van der Waals surface area contributed by atoms with Crippen molar-refractivity contribution in [3.8, 4) is 12.1 Å². The number of furan rings is 1. The summed E-state index contributed by atoms with van der Waals surface area (Å²) in [5.41, 5.74) is 2.34. The predicted octanol–water partition coefficient (Wildman–Crippen LogP) is 2.82. The van der Waals surface area contributed by atoms with Gasteiger partial charge in [0.1, 0.15) is 23.3 Å². The van der Waals surface area contributed by atoms with Crippen LogP contribution in [0.25, 0.3) is 16.5 Å². The molecule has 0 saturated carbocycles. The molecule has 0 spiro atoms. The van der Waals surface area contributed by atoms with Crippen molar-refractivity contribution in [2.24, 2.45) is 0 Å². The molecule has 3 rings (SSSR count). The van der Waals surface area contributed by atoms with E-state index in [-0.39, 0.29) is 17.8 Å². The molecular formula is C14H6N2O2. The Hall–Kier alpha value is -2.85. The topological polar surface area (TPSA) is 77.8 Å². The zero-order valence-electron chi connectivity index (χ0n) is 9.23. The number of carbonyl (C=O) groups excluding carboxylic acids is 1. The standard InChI is InChI=1S/C14H6N2O2/c15-6-9(7-16)10-4-13(17)12-3-8-1-2-18-14(8)5-11(10)12/h1-3,5H,4H2. The highest BCUT2D eigenvalue weighted by Gasteiger charge is 2.28. The molecule has 0 saturated heterocycles. The molecule has 1 heterocycles. The third kappa shape index (κ3) is 1.27. The van der Waals surface area contributed by atoms with Crippen molar-refractivity contribution in [1.29, 1.82) is 10.5 Å². The van der Waals surface area contributed by atoms with Gasteiger partial charge in [-0.3, -0.25) is 4.79 Å². The number of allylic oxidation sites excluding steroid dienone is 2. The molecule has 1 aromatic heterocycles. The Labute approximate surface area is 102 Å². The van der Waals surface area contributed by atoms with Crippen LogP contribution in [0, 0.1) is 22.7 Å². The van der Waals surface area contributed by atoms with Gasteiger partial charge in [0.15, 0.2) is 5.78 Å². The molecular weight excluding hydrogens is 228 g/mol. The van der Waals surface area contributed by atoms with Gasteiger partial charge in [-0.25, -0.2) is 0 Å². The van der Waals surface area contributed by atoms with E-state index < -0.39 is 0 Å². The van der Waals surface area contributed by atoms with Crippen LogP contribution in [0.5, 0.6) is 0 Å². The summed E-state index contributed by atoms with van der Waals surface area (Å²) in [4.78, 5) is 11.9. The van der Waals surface area contributed by atoms with E-state index in [1.807, 2.05) is 12.1 Å². The van der Waals surface area contributed by atoms with E-state index in [1.54, 1.807) is 24.5 Å². The Kier molecular flexibility index (Phi) is 2.05. The molecule has 84 valence electrons. The van der Waals surface area contributed by atoms with Crippen molar-refractivity contribution >= 4 is 22.3 Å². The van der Waals surface area contributed by atoms with Crippen LogP contribution in [0.3, 0.4) is 0 Å². The summed E-state index contributed by atoms with van der Waals surface area (Å²) in [6, 6.07) is 8.91. The Balaban J connectivity index is 2.37. The second-order valence-electron chi connectivity index (χ2n) is 4.03. The largest absolute Gasteiger partial charge is 0.464 e. The minimum absolute atomic E-state index is 0.00648. The maximum Gasteiger partial charge on any atom is 0.167 e. The second-order valence-corrected chi connectivity index (χ2v) is 4.03. The van der Waals surface area contributed by atoms with E-state index in [0.717, 1.165) is 5.39 Å². The lowest BCUT2D eigenvalue weighted by atomic mass is 10.0. The Morgan fingerprint density at radius 3 is 2.72 bits per heavy atom. The van der Waals surface area contributed by atoms with Crippen molar-refractivity contribution in [1.82, 2.24) is 0 Å². The van der Waals surface area contributed by atoms with Crippen LogP contribution >= 0.6 is 0 Å². The van der Waals surface area contributed by atoms with Gasteiger partial charge in [0.05, 0.1) is 6.26 Å². The van der Waals surface area contributed by atoms with Crippen molar-refractivity contribution in [2.75, 3.05) is 0 Å². The smallest absolute Gasteiger partial charge is 0.167 e. The van der Waals surface area contributed by atoms with Gasteiger partial charge < -0.3 is 4.42 Å².